The smallest absolute Gasteiger partial charge is 0.338 e. The van der Waals surface area contributed by atoms with Gasteiger partial charge in [-0.05, 0) is 35.2 Å². The van der Waals surface area contributed by atoms with Crippen LogP contribution < -0.4 is 0 Å². The van der Waals surface area contributed by atoms with Crippen molar-refractivity contribution in [3.63, 3.8) is 0 Å². The highest BCUT2D eigenvalue weighted by molar-refractivity contribution is 7.07. The molecule has 2 aromatic heterocycles. The summed E-state index contributed by atoms with van der Waals surface area (Å²) in [6.45, 7) is 0.538. The van der Waals surface area contributed by atoms with E-state index in [-0.39, 0.29) is 23.3 Å². The van der Waals surface area contributed by atoms with Crippen molar-refractivity contribution < 1.29 is 19.1 Å². The van der Waals surface area contributed by atoms with E-state index in [2.05, 4.69) is 0 Å². The molecular formula is C14H13NO4S. The van der Waals surface area contributed by atoms with Crippen LogP contribution in [-0.4, -0.2) is 27.9 Å². The maximum atomic E-state index is 12.4. The standard InChI is InChI=1S/C14H13NO4S/c16-13(12-5-10(7-19-12)14(17)18)15(11-1-2-11)6-9-3-4-20-8-9/h3-5,7-8,11H,1-2,6H2,(H,17,18). The van der Waals surface area contributed by atoms with Gasteiger partial charge in [0.1, 0.15) is 6.26 Å². The second-order valence-electron chi connectivity index (χ2n) is 4.80. The molecule has 0 unspecified atom stereocenters. The van der Waals surface area contributed by atoms with Crippen LogP contribution in [0.2, 0.25) is 0 Å². The Balaban J connectivity index is 1.79. The Morgan fingerprint density at radius 1 is 1.45 bits per heavy atom. The normalized spacial score (nSPS) is 14.2. The lowest BCUT2D eigenvalue weighted by Crippen LogP contribution is -2.32. The number of carboxylic acid groups (broad SMARTS) is 1. The SMILES string of the molecule is O=C(O)c1coc(C(=O)N(Cc2ccsc2)C2CC2)c1. The first-order chi connectivity index (χ1) is 9.65. The van der Waals surface area contributed by atoms with Crippen molar-refractivity contribution in [1.29, 1.82) is 0 Å². The second-order valence-corrected chi connectivity index (χ2v) is 5.58. The fraction of sp³-hybridized carbons (Fsp3) is 0.286. The third-order valence-electron chi connectivity index (χ3n) is 3.24. The van der Waals surface area contributed by atoms with Crippen LogP contribution in [0.15, 0.2) is 33.6 Å². The molecule has 1 amide bonds. The minimum atomic E-state index is -1.09. The molecule has 0 radical (unpaired) electrons. The molecule has 2 heterocycles. The molecule has 0 aromatic carbocycles. The van der Waals surface area contributed by atoms with Crippen LogP contribution in [0.5, 0.6) is 0 Å². The van der Waals surface area contributed by atoms with Crippen LogP contribution in [-0.2, 0) is 6.54 Å². The van der Waals surface area contributed by atoms with E-state index in [1.165, 1.54) is 6.07 Å². The van der Waals surface area contributed by atoms with Crippen LogP contribution in [0.3, 0.4) is 0 Å². The zero-order valence-corrected chi connectivity index (χ0v) is 11.4. The topological polar surface area (TPSA) is 70.7 Å². The van der Waals surface area contributed by atoms with Gasteiger partial charge in [-0.3, -0.25) is 4.79 Å². The van der Waals surface area contributed by atoms with E-state index < -0.39 is 5.97 Å². The number of furan rings is 1. The predicted molar refractivity (Wildman–Crippen MR) is 72.9 cm³/mol. The molecule has 0 aliphatic heterocycles. The molecule has 2 aromatic rings. The van der Waals surface area contributed by atoms with E-state index in [1.54, 1.807) is 16.2 Å². The molecule has 1 fully saturated rings. The van der Waals surface area contributed by atoms with Gasteiger partial charge in [-0.1, -0.05) is 0 Å². The number of carboxylic acids is 1. The first-order valence-corrected chi connectivity index (χ1v) is 7.23. The molecule has 1 saturated carbocycles. The molecule has 3 rings (SSSR count). The minimum absolute atomic E-state index is 0.000342. The predicted octanol–water partition coefficient (Wildman–Crippen LogP) is 2.84. The molecule has 0 bridgehead atoms. The molecular weight excluding hydrogens is 278 g/mol. The van der Waals surface area contributed by atoms with Crippen molar-refractivity contribution in [2.45, 2.75) is 25.4 Å². The summed E-state index contributed by atoms with van der Waals surface area (Å²) in [6, 6.07) is 3.51. The van der Waals surface area contributed by atoms with Crippen molar-refractivity contribution in [2.24, 2.45) is 0 Å². The Labute approximate surface area is 119 Å². The van der Waals surface area contributed by atoms with Gasteiger partial charge in [0.2, 0.25) is 0 Å². The Bertz CT molecular complexity index is 627. The van der Waals surface area contributed by atoms with Gasteiger partial charge in [0.25, 0.3) is 5.91 Å². The lowest BCUT2D eigenvalue weighted by atomic mass is 10.2. The molecule has 104 valence electrons. The quantitative estimate of drug-likeness (QED) is 0.919. The van der Waals surface area contributed by atoms with E-state index in [4.69, 9.17) is 9.52 Å². The molecule has 0 spiro atoms. The average molecular weight is 291 g/mol. The van der Waals surface area contributed by atoms with E-state index in [9.17, 15) is 9.59 Å². The van der Waals surface area contributed by atoms with Gasteiger partial charge >= 0.3 is 5.97 Å². The number of carbonyl (C=O) groups is 2. The van der Waals surface area contributed by atoms with Gasteiger partial charge in [0.15, 0.2) is 5.76 Å². The summed E-state index contributed by atoms with van der Waals surface area (Å²) in [5.74, 6) is -1.25. The monoisotopic (exact) mass is 291 g/mol. The van der Waals surface area contributed by atoms with Crippen LogP contribution in [0.25, 0.3) is 0 Å². The van der Waals surface area contributed by atoms with Crippen molar-refractivity contribution in [3.8, 4) is 0 Å². The van der Waals surface area contributed by atoms with Gasteiger partial charge in [0.05, 0.1) is 5.56 Å². The fourth-order valence-corrected chi connectivity index (χ4v) is 2.69. The van der Waals surface area contributed by atoms with Gasteiger partial charge in [-0.25, -0.2) is 4.79 Å². The molecule has 1 aliphatic carbocycles. The summed E-state index contributed by atoms with van der Waals surface area (Å²) in [6.07, 6.45) is 3.08. The van der Waals surface area contributed by atoms with Gasteiger partial charge in [-0.2, -0.15) is 11.3 Å². The third-order valence-corrected chi connectivity index (χ3v) is 3.97. The highest BCUT2D eigenvalue weighted by Gasteiger charge is 2.34. The zero-order chi connectivity index (χ0) is 14.1. The third kappa shape index (κ3) is 2.60. The van der Waals surface area contributed by atoms with Crippen LogP contribution in [0.4, 0.5) is 0 Å². The number of rotatable bonds is 5. The minimum Gasteiger partial charge on any atom is -0.478 e. The number of thiophene rings is 1. The fourth-order valence-electron chi connectivity index (χ4n) is 2.03. The van der Waals surface area contributed by atoms with Crippen LogP contribution in [0, 0.1) is 0 Å². The van der Waals surface area contributed by atoms with Crippen molar-refractivity contribution in [3.05, 3.63) is 46.0 Å². The summed E-state index contributed by atoms with van der Waals surface area (Å²) in [7, 11) is 0. The number of hydrogen-bond donors (Lipinski definition) is 1. The summed E-state index contributed by atoms with van der Waals surface area (Å²) in [4.78, 5) is 25.0. The molecule has 1 aliphatic rings. The summed E-state index contributed by atoms with van der Waals surface area (Å²) < 4.78 is 5.10. The maximum absolute atomic E-state index is 12.4. The maximum Gasteiger partial charge on any atom is 0.338 e. The Morgan fingerprint density at radius 3 is 2.80 bits per heavy atom. The van der Waals surface area contributed by atoms with Gasteiger partial charge in [-0.15, -0.1) is 0 Å². The number of carbonyl (C=O) groups excluding carboxylic acids is 1. The summed E-state index contributed by atoms with van der Waals surface area (Å²) >= 11 is 1.59. The zero-order valence-electron chi connectivity index (χ0n) is 10.6. The lowest BCUT2D eigenvalue weighted by Gasteiger charge is -2.20. The average Bonchev–Trinajstić information content (AvgIpc) is 2.95. The number of aromatic carboxylic acids is 1. The molecule has 0 saturated heterocycles. The van der Waals surface area contributed by atoms with E-state index in [0.29, 0.717) is 6.54 Å². The molecule has 6 heteroatoms. The number of hydrogen-bond acceptors (Lipinski definition) is 4. The van der Waals surface area contributed by atoms with Crippen molar-refractivity contribution in [2.75, 3.05) is 0 Å². The van der Waals surface area contributed by atoms with Crippen LogP contribution in [0.1, 0.15) is 39.3 Å². The van der Waals surface area contributed by atoms with E-state index >= 15 is 0 Å². The highest BCUT2D eigenvalue weighted by atomic mass is 32.1. The van der Waals surface area contributed by atoms with Crippen molar-refractivity contribution in [1.82, 2.24) is 4.90 Å². The second kappa shape index (κ2) is 5.13. The summed E-state index contributed by atoms with van der Waals surface area (Å²) in [5, 5.41) is 12.8. The molecule has 20 heavy (non-hydrogen) atoms. The Morgan fingerprint density at radius 2 is 2.25 bits per heavy atom. The largest absolute Gasteiger partial charge is 0.478 e. The number of nitrogens with zero attached hydrogens (tertiary/aromatic N) is 1. The number of amides is 1. The van der Waals surface area contributed by atoms with Gasteiger partial charge < -0.3 is 14.4 Å². The van der Waals surface area contributed by atoms with Crippen LogP contribution >= 0.6 is 11.3 Å². The molecule has 5 nitrogen and oxygen atoms in total. The first kappa shape index (κ1) is 12.9. The van der Waals surface area contributed by atoms with E-state index in [0.717, 1.165) is 24.7 Å². The van der Waals surface area contributed by atoms with Crippen molar-refractivity contribution >= 4 is 23.2 Å². The summed E-state index contributed by atoms with van der Waals surface area (Å²) in [5.41, 5.74) is 1.08. The molecule has 0 atom stereocenters. The van der Waals surface area contributed by atoms with Gasteiger partial charge in [0, 0.05) is 18.7 Å². The Hall–Kier alpha value is -2.08. The Kier molecular flexibility index (Phi) is 3.31. The lowest BCUT2D eigenvalue weighted by molar-refractivity contribution is 0.0688. The molecule has 1 N–H and O–H groups in total. The van der Waals surface area contributed by atoms with E-state index in [1.807, 2.05) is 16.8 Å². The first-order valence-electron chi connectivity index (χ1n) is 6.29. The highest BCUT2D eigenvalue weighted by Crippen LogP contribution is 2.30.